The zero-order chi connectivity index (χ0) is 8.97. The van der Waals surface area contributed by atoms with Gasteiger partial charge in [0.2, 0.25) is 0 Å². The first kappa shape index (κ1) is 10.1. The predicted molar refractivity (Wildman–Crippen MR) is 59.8 cm³/mol. The quantitative estimate of drug-likeness (QED) is 0.694. The summed E-state index contributed by atoms with van der Waals surface area (Å²) in [4.78, 5) is 2.12. The van der Waals surface area contributed by atoms with Crippen molar-refractivity contribution in [2.75, 3.05) is 25.6 Å². The molecule has 1 rings (SSSR count). The molecule has 1 saturated carbocycles. The molecule has 0 aliphatic heterocycles. The maximum absolute atomic E-state index is 5.21. The largest absolute Gasteiger partial charge is 0.360 e. The third-order valence-corrected chi connectivity index (χ3v) is 2.90. The first-order chi connectivity index (χ1) is 5.74. The minimum atomic E-state index is 0.675. The van der Waals surface area contributed by atoms with Crippen LogP contribution in [0.4, 0.5) is 0 Å². The molecule has 0 amide bonds. The third kappa shape index (κ3) is 3.63. The highest BCUT2D eigenvalue weighted by molar-refractivity contribution is 7.98. The van der Waals surface area contributed by atoms with E-state index in [1.807, 2.05) is 18.8 Å². The number of hydrogen-bond donors (Lipinski definition) is 1. The van der Waals surface area contributed by atoms with Gasteiger partial charge in [-0.2, -0.15) is 11.8 Å². The first-order valence-corrected chi connectivity index (χ1v) is 6.05. The topological polar surface area (TPSA) is 15.3 Å². The van der Waals surface area contributed by atoms with E-state index >= 15 is 0 Å². The summed E-state index contributed by atoms with van der Waals surface area (Å²) in [6, 6.07) is 0.675. The van der Waals surface area contributed by atoms with Gasteiger partial charge in [0.25, 0.3) is 0 Å². The standard InChI is InChI=1S/C8H16N2S2/c1-10(5-6-12-2)8(11)9-7-3-4-7/h7H,3-6H2,1-2H3,(H,9,11). The molecule has 0 bridgehead atoms. The summed E-state index contributed by atoms with van der Waals surface area (Å²) in [7, 11) is 2.05. The lowest BCUT2D eigenvalue weighted by atomic mass is 10.6. The molecule has 0 atom stereocenters. The van der Waals surface area contributed by atoms with Crippen LogP contribution in [0.1, 0.15) is 12.8 Å². The highest BCUT2D eigenvalue weighted by atomic mass is 32.2. The van der Waals surface area contributed by atoms with E-state index in [4.69, 9.17) is 12.2 Å². The van der Waals surface area contributed by atoms with E-state index < -0.39 is 0 Å². The number of nitrogens with zero attached hydrogens (tertiary/aromatic N) is 1. The maximum atomic E-state index is 5.21. The Labute approximate surface area is 84.1 Å². The summed E-state index contributed by atoms with van der Waals surface area (Å²) in [6.45, 7) is 1.04. The molecule has 70 valence electrons. The number of thiocarbonyl (C=S) groups is 1. The molecule has 0 unspecified atom stereocenters. The smallest absolute Gasteiger partial charge is 0.168 e. The summed E-state index contributed by atoms with van der Waals surface area (Å²) < 4.78 is 0. The van der Waals surface area contributed by atoms with Gasteiger partial charge in [0.1, 0.15) is 0 Å². The van der Waals surface area contributed by atoms with Crippen molar-refractivity contribution in [1.82, 2.24) is 10.2 Å². The Morgan fingerprint density at radius 3 is 2.83 bits per heavy atom. The Balaban J connectivity index is 2.11. The van der Waals surface area contributed by atoms with E-state index in [1.54, 1.807) is 0 Å². The van der Waals surface area contributed by atoms with Crippen LogP contribution in [-0.4, -0.2) is 41.7 Å². The molecule has 4 heteroatoms. The van der Waals surface area contributed by atoms with Crippen LogP contribution in [0.3, 0.4) is 0 Å². The molecular formula is C8H16N2S2. The van der Waals surface area contributed by atoms with Gasteiger partial charge in [-0.25, -0.2) is 0 Å². The Kier molecular flexibility index (Phi) is 4.15. The summed E-state index contributed by atoms with van der Waals surface area (Å²) in [5.74, 6) is 1.14. The summed E-state index contributed by atoms with van der Waals surface area (Å²) in [5.41, 5.74) is 0. The lowest BCUT2D eigenvalue weighted by molar-refractivity contribution is 0.525. The fourth-order valence-electron chi connectivity index (χ4n) is 0.842. The predicted octanol–water partition coefficient (Wildman–Crippen LogP) is 1.32. The van der Waals surface area contributed by atoms with Crippen LogP contribution < -0.4 is 5.32 Å². The molecule has 0 aromatic carbocycles. The average Bonchev–Trinajstić information content (AvgIpc) is 2.83. The second-order valence-electron chi connectivity index (χ2n) is 3.14. The van der Waals surface area contributed by atoms with Crippen LogP contribution in [0, 0.1) is 0 Å². The molecule has 0 saturated heterocycles. The fraction of sp³-hybridized carbons (Fsp3) is 0.875. The van der Waals surface area contributed by atoms with Gasteiger partial charge >= 0.3 is 0 Å². The zero-order valence-electron chi connectivity index (χ0n) is 7.67. The first-order valence-electron chi connectivity index (χ1n) is 4.24. The van der Waals surface area contributed by atoms with Crippen LogP contribution in [-0.2, 0) is 0 Å². The van der Waals surface area contributed by atoms with Crippen molar-refractivity contribution in [2.45, 2.75) is 18.9 Å². The molecule has 0 aromatic rings. The van der Waals surface area contributed by atoms with Crippen LogP contribution >= 0.6 is 24.0 Å². The third-order valence-electron chi connectivity index (χ3n) is 1.88. The van der Waals surface area contributed by atoms with Crippen molar-refractivity contribution < 1.29 is 0 Å². The van der Waals surface area contributed by atoms with Crippen molar-refractivity contribution in [3.05, 3.63) is 0 Å². The van der Waals surface area contributed by atoms with Gasteiger partial charge < -0.3 is 10.2 Å². The van der Waals surface area contributed by atoms with Crippen LogP contribution in [0.5, 0.6) is 0 Å². The summed E-state index contributed by atoms with van der Waals surface area (Å²) in [5, 5.41) is 4.22. The Bertz CT molecular complexity index is 157. The molecule has 1 fully saturated rings. The lowest BCUT2D eigenvalue weighted by Gasteiger charge is -2.20. The van der Waals surface area contributed by atoms with Gasteiger partial charge in [0.15, 0.2) is 5.11 Å². The Morgan fingerprint density at radius 1 is 1.67 bits per heavy atom. The minimum absolute atomic E-state index is 0.675. The molecule has 1 aliphatic rings. The van der Waals surface area contributed by atoms with E-state index in [0.717, 1.165) is 17.4 Å². The van der Waals surface area contributed by atoms with Gasteiger partial charge in [-0.3, -0.25) is 0 Å². The number of rotatable bonds is 4. The molecule has 0 spiro atoms. The Morgan fingerprint density at radius 2 is 2.33 bits per heavy atom. The van der Waals surface area contributed by atoms with Crippen molar-refractivity contribution in [3.63, 3.8) is 0 Å². The van der Waals surface area contributed by atoms with Crippen molar-refractivity contribution in [3.8, 4) is 0 Å². The molecule has 1 aliphatic carbocycles. The second-order valence-corrected chi connectivity index (χ2v) is 4.51. The Hall–Kier alpha value is 0.0400. The van der Waals surface area contributed by atoms with Gasteiger partial charge in [0, 0.05) is 25.4 Å². The van der Waals surface area contributed by atoms with Gasteiger partial charge in [-0.05, 0) is 31.3 Å². The summed E-state index contributed by atoms with van der Waals surface area (Å²) >= 11 is 7.06. The second kappa shape index (κ2) is 4.92. The van der Waals surface area contributed by atoms with Gasteiger partial charge in [0.05, 0.1) is 0 Å². The van der Waals surface area contributed by atoms with Gasteiger partial charge in [-0.1, -0.05) is 0 Å². The maximum Gasteiger partial charge on any atom is 0.168 e. The number of hydrogen-bond acceptors (Lipinski definition) is 2. The van der Waals surface area contributed by atoms with Crippen molar-refractivity contribution in [1.29, 1.82) is 0 Å². The molecule has 0 aromatic heterocycles. The van der Waals surface area contributed by atoms with Gasteiger partial charge in [-0.15, -0.1) is 0 Å². The van der Waals surface area contributed by atoms with Crippen LogP contribution in [0.25, 0.3) is 0 Å². The fourth-order valence-corrected chi connectivity index (χ4v) is 1.56. The molecule has 12 heavy (non-hydrogen) atoms. The number of thioether (sulfide) groups is 1. The normalized spacial score (nSPS) is 15.8. The van der Waals surface area contributed by atoms with Crippen molar-refractivity contribution >= 4 is 29.1 Å². The monoisotopic (exact) mass is 204 g/mol. The molecule has 0 radical (unpaired) electrons. The van der Waals surface area contributed by atoms with E-state index in [9.17, 15) is 0 Å². The summed E-state index contributed by atoms with van der Waals surface area (Å²) in [6.07, 6.45) is 4.69. The van der Waals surface area contributed by atoms with E-state index in [-0.39, 0.29) is 0 Å². The molecule has 1 N–H and O–H groups in total. The van der Waals surface area contributed by atoms with E-state index in [2.05, 4.69) is 16.5 Å². The SMILES string of the molecule is CSCCN(C)C(=S)NC1CC1. The molecular weight excluding hydrogens is 188 g/mol. The van der Waals surface area contributed by atoms with E-state index in [0.29, 0.717) is 6.04 Å². The van der Waals surface area contributed by atoms with Crippen molar-refractivity contribution in [2.24, 2.45) is 0 Å². The van der Waals surface area contributed by atoms with Crippen LogP contribution in [0.2, 0.25) is 0 Å². The molecule has 2 nitrogen and oxygen atoms in total. The highest BCUT2D eigenvalue weighted by Gasteiger charge is 2.22. The highest BCUT2D eigenvalue weighted by Crippen LogP contribution is 2.18. The van der Waals surface area contributed by atoms with Crippen LogP contribution in [0.15, 0.2) is 0 Å². The molecule has 0 heterocycles. The lowest BCUT2D eigenvalue weighted by Crippen LogP contribution is -2.39. The van der Waals surface area contributed by atoms with E-state index in [1.165, 1.54) is 12.8 Å². The zero-order valence-corrected chi connectivity index (χ0v) is 9.30. The average molecular weight is 204 g/mol. The minimum Gasteiger partial charge on any atom is -0.360 e. The number of nitrogens with one attached hydrogen (secondary N) is 1.